The molecule has 2 N–H and O–H groups in total. The lowest BCUT2D eigenvalue weighted by Crippen LogP contribution is -2.31. The van der Waals surface area contributed by atoms with Crippen LogP contribution in [0.2, 0.25) is 0 Å². The highest BCUT2D eigenvalue weighted by atomic mass is 16.5. The van der Waals surface area contributed by atoms with Gasteiger partial charge in [0.25, 0.3) is 0 Å². The van der Waals surface area contributed by atoms with Gasteiger partial charge in [-0.25, -0.2) is 4.98 Å². The molecule has 2 amide bonds. The summed E-state index contributed by atoms with van der Waals surface area (Å²) in [5, 5.41) is 5.62. The molecular weight excluding hydrogens is 294 g/mol. The standard InChI is InChI=1S/C17H25N3O3/c1-11(2)23-16-5-4-13(10-20-16)9-19-15(21)6-7-18-17(22)14-8-12(14)3/h4-5,10-12,14H,6-9H2,1-3H3,(H,18,22)(H,19,21)/t12-,14+/m1/s1. The highest BCUT2D eigenvalue weighted by molar-refractivity contribution is 5.82. The smallest absolute Gasteiger partial charge is 0.223 e. The molecule has 2 rings (SSSR count). The Morgan fingerprint density at radius 1 is 1.35 bits per heavy atom. The lowest BCUT2D eigenvalue weighted by molar-refractivity contribution is -0.123. The van der Waals surface area contributed by atoms with Crippen molar-refractivity contribution < 1.29 is 14.3 Å². The molecule has 0 spiro atoms. The van der Waals surface area contributed by atoms with Crippen LogP contribution < -0.4 is 15.4 Å². The highest BCUT2D eigenvalue weighted by Crippen LogP contribution is 2.37. The van der Waals surface area contributed by atoms with Gasteiger partial charge in [-0.3, -0.25) is 9.59 Å². The topological polar surface area (TPSA) is 80.3 Å². The number of hydrogen-bond acceptors (Lipinski definition) is 4. The van der Waals surface area contributed by atoms with Gasteiger partial charge in [0.1, 0.15) is 0 Å². The number of nitrogens with zero attached hydrogens (tertiary/aromatic N) is 1. The Bertz CT molecular complexity index is 543. The molecular formula is C17H25N3O3. The molecule has 126 valence electrons. The van der Waals surface area contributed by atoms with Crippen molar-refractivity contribution in [3.8, 4) is 5.88 Å². The minimum Gasteiger partial charge on any atom is -0.475 e. The van der Waals surface area contributed by atoms with E-state index in [2.05, 4.69) is 22.5 Å². The maximum Gasteiger partial charge on any atom is 0.223 e. The summed E-state index contributed by atoms with van der Waals surface area (Å²) in [4.78, 5) is 27.6. The average Bonchev–Trinajstić information content (AvgIpc) is 3.23. The van der Waals surface area contributed by atoms with Gasteiger partial charge in [-0.1, -0.05) is 13.0 Å². The van der Waals surface area contributed by atoms with E-state index in [0.717, 1.165) is 12.0 Å². The van der Waals surface area contributed by atoms with Crippen LogP contribution in [0.15, 0.2) is 18.3 Å². The number of carbonyl (C=O) groups excluding carboxylic acids is 2. The second-order valence-electron chi connectivity index (χ2n) is 6.31. The van der Waals surface area contributed by atoms with Crippen LogP contribution in [0.3, 0.4) is 0 Å². The van der Waals surface area contributed by atoms with Crippen molar-refractivity contribution in [2.24, 2.45) is 11.8 Å². The number of hydrogen-bond donors (Lipinski definition) is 2. The third-order valence-electron chi connectivity index (χ3n) is 3.74. The van der Waals surface area contributed by atoms with Crippen molar-refractivity contribution in [1.82, 2.24) is 15.6 Å². The molecule has 0 radical (unpaired) electrons. The number of pyridine rings is 1. The third-order valence-corrected chi connectivity index (χ3v) is 3.74. The van der Waals surface area contributed by atoms with Crippen LogP contribution in [0.4, 0.5) is 0 Å². The summed E-state index contributed by atoms with van der Waals surface area (Å²) in [7, 11) is 0. The molecule has 0 saturated heterocycles. The first-order valence-corrected chi connectivity index (χ1v) is 8.11. The second kappa shape index (κ2) is 7.94. The number of amides is 2. The second-order valence-corrected chi connectivity index (χ2v) is 6.31. The van der Waals surface area contributed by atoms with E-state index in [9.17, 15) is 9.59 Å². The summed E-state index contributed by atoms with van der Waals surface area (Å²) < 4.78 is 5.46. The van der Waals surface area contributed by atoms with Gasteiger partial charge in [0.2, 0.25) is 17.7 Å². The number of ether oxygens (including phenoxy) is 1. The predicted molar refractivity (Wildman–Crippen MR) is 86.7 cm³/mol. The van der Waals surface area contributed by atoms with Gasteiger partial charge < -0.3 is 15.4 Å². The van der Waals surface area contributed by atoms with Crippen LogP contribution >= 0.6 is 0 Å². The molecule has 6 heteroatoms. The van der Waals surface area contributed by atoms with Crippen LogP contribution in [-0.4, -0.2) is 29.4 Å². The van der Waals surface area contributed by atoms with Crippen LogP contribution in [0, 0.1) is 11.8 Å². The van der Waals surface area contributed by atoms with E-state index in [1.54, 1.807) is 12.3 Å². The zero-order valence-corrected chi connectivity index (χ0v) is 14.0. The average molecular weight is 319 g/mol. The maximum atomic E-state index is 11.8. The first-order valence-electron chi connectivity index (χ1n) is 8.11. The van der Waals surface area contributed by atoms with Gasteiger partial charge in [0.15, 0.2) is 0 Å². The fourth-order valence-electron chi connectivity index (χ4n) is 2.23. The van der Waals surface area contributed by atoms with E-state index in [4.69, 9.17) is 4.74 Å². The summed E-state index contributed by atoms with van der Waals surface area (Å²) in [6.45, 7) is 6.74. The lowest BCUT2D eigenvalue weighted by atomic mass is 10.2. The number of rotatable bonds is 8. The Morgan fingerprint density at radius 3 is 2.65 bits per heavy atom. The molecule has 1 aliphatic carbocycles. The van der Waals surface area contributed by atoms with E-state index >= 15 is 0 Å². The summed E-state index contributed by atoms with van der Waals surface area (Å²) >= 11 is 0. The van der Waals surface area contributed by atoms with Crippen molar-refractivity contribution >= 4 is 11.8 Å². The SMILES string of the molecule is CC(C)Oc1ccc(CNC(=O)CCNC(=O)[C@H]2C[C@H]2C)cn1. The maximum absolute atomic E-state index is 11.8. The van der Waals surface area contributed by atoms with Crippen LogP contribution in [0.5, 0.6) is 5.88 Å². The summed E-state index contributed by atoms with van der Waals surface area (Å²) in [6, 6.07) is 3.67. The summed E-state index contributed by atoms with van der Waals surface area (Å²) in [5.74, 6) is 1.19. The molecule has 0 bridgehead atoms. The molecule has 0 aromatic carbocycles. The molecule has 23 heavy (non-hydrogen) atoms. The minimum atomic E-state index is -0.0864. The van der Waals surface area contributed by atoms with Crippen LogP contribution in [0.25, 0.3) is 0 Å². The summed E-state index contributed by atoms with van der Waals surface area (Å²) in [6.07, 6.45) is 3.02. The van der Waals surface area contributed by atoms with Gasteiger partial charge in [-0.15, -0.1) is 0 Å². The molecule has 1 saturated carbocycles. The summed E-state index contributed by atoms with van der Waals surface area (Å²) in [5.41, 5.74) is 0.908. The Kier molecular flexibility index (Phi) is 5.96. The van der Waals surface area contributed by atoms with Gasteiger partial charge in [-0.05, 0) is 31.7 Å². The third kappa shape index (κ3) is 5.88. The number of carbonyl (C=O) groups is 2. The molecule has 1 aromatic rings. The first kappa shape index (κ1) is 17.2. The molecule has 6 nitrogen and oxygen atoms in total. The molecule has 2 atom stereocenters. The number of aromatic nitrogens is 1. The van der Waals surface area contributed by atoms with E-state index in [1.807, 2.05) is 19.9 Å². The largest absolute Gasteiger partial charge is 0.475 e. The van der Waals surface area contributed by atoms with Gasteiger partial charge in [0.05, 0.1) is 6.10 Å². The van der Waals surface area contributed by atoms with Crippen LogP contribution in [0.1, 0.15) is 39.2 Å². The quantitative estimate of drug-likeness (QED) is 0.763. The Labute approximate surface area is 137 Å². The fourth-order valence-corrected chi connectivity index (χ4v) is 2.23. The van der Waals surface area contributed by atoms with Crippen LogP contribution in [-0.2, 0) is 16.1 Å². The van der Waals surface area contributed by atoms with Gasteiger partial charge in [0, 0.05) is 37.7 Å². The van der Waals surface area contributed by atoms with Gasteiger partial charge in [-0.2, -0.15) is 0 Å². The molecule has 0 aliphatic heterocycles. The Hall–Kier alpha value is -2.11. The highest BCUT2D eigenvalue weighted by Gasteiger charge is 2.38. The normalized spacial score (nSPS) is 19.3. The van der Waals surface area contributed by atoms with Crippen molar-refractivity contribution in [1.29, 1.82) is 0 Å². The van der Waals surface area contributed by atoms with E-state index < -0.39 is 0 Å². The van der Waals surface area contributed by atoms with E-state index in [-0.39, 0.29) is 30.3 Å². The van der Waals surface area contributed by atoms with Gasteiger partial charge >= 0.3 is 0 Å². The molecule has 1 aromatic heterocycles. The van der Waals surface area contributed by atoms with Crippen molar-refractivity contribution in [3.05, 3.63) is 23.9 Å². The first-order chi connectivity index (χ1) is 11.0. The van der Waals surface area contributed by atoms with E-state index in [1.165, 1.54) is 0 Å². The zero-order valence-electron chi connectivity index (χ0n) is 14.0. The van der Waals surface area contributed by atoms with E-state index in [0.29, 0.717) is 24.9 Å². The van der Waals surface area contributed by atoms with Crippen molar-refractivity contribution in [3.63, 3.8) is 0 Å². The minimum absolute atomic E-state index is 0.0650. The Balaban J connectivity index is 1.63. The van der Waals surface area contributed by atoms with Crippen molar-refractivity contribution in [2.45, 2.75) is 46.3 Å². The molecule has 1 aliphatic rings. The zero-order chi connectivity index (χ0) is 16.8. The molecule has 1 heterocycles. The number of nitrogens with one attached hydrogen (secondary N) is 2. The molecule has 0 unspecified atom stereocenters. The van der Waals surface area contributed by atoms with Crippen molar-refractivity contribution in [2.75, 3.05) is 6.54 Å². The molecule has 1 fully saturated rings. The fraction of sp³-hybridized carbons (Fsp3) is 0.588. The monoisotopic (exact) mass is 319 g/mol. The lowest BCUT2D eigenvalue weighted by Gasteiger charge is -2.09. The Morgan fingerprint density at radius 2 is 2.09 bits per heavy atom. The predicted octanol–water partition coefficient (Wildman–Crippen LogP) is 1.65.